The summed E-state index contributed by atoms with van der Waals surface area (Å²) in [6, 6.07) is 7.42. The summed E-state index contributed by atoms with van der Waals surface area (Å²) in [4.78, 5) is 11.6. The van der Waals surface area contributed by atoms with E-state index in [1.807, 2.05) is 30.3 Å². The second-order valence-electron chi connectivity index (χ2n) is 3.42. The summed E-state index contributed by atoms with van der Waals surface area (Å²) in [5, 5.41) is 0. The second-order valence-corrected chi connectivity index (χ2v) is 4.33. The molecule has 0 aliphatic carbocycles. The molecule has 0 fully saturated rings. The molecule has 1 aromatic rings. The quantitative estimate of drug-likeness (QED) is 0.439. The van der Waals surface area contributed by atoms with Crippen LogP contribution in [0.1, 0.15) is 36.5 Å². The van der Waals surface area contributed by atoms with Gasteiger partial charge in [0.05, 0.1) is 0 Å². The topological polar surface area (TPSA) is 17.1 Å². The average Bonchev–Trinajstić information content (AvgIpc) is 2.25. The highest BCUT2D eigenvalue weighted by Crippen LogP contribution is 2.11. The summed E-state index contributed by atoms with van der Waals surface area (Å²) in [7, 11) is 0. The molecule has 0 heterocycles. The maximum Gasteiger partial charge on any atom is 0.185 e. The molecule has 0 N–H and O–H groups in total. The number of halogens is 1. The van der Waals surface area contributed by atoms with Crippen molar-refractivity contribution in [3.8, 4) is 0 Å². The lowest BCUT2D eigenvalue weighted by atomic mass is 10.1. The van der Waals surface area contributed by atoms with Gasteiger partial charge in [0.1, 0.15) is 0 Å². The molecule has 0 aromatic heterocycles. The maximum absolute atomic E-state index is 11.6. The molecule has 1 aromatic carbocycles. The molecule has 1 nitrogen and oxygen atoms in total. The lowest BCUT2D eigenvalue weighted by Gasteiger charge is -1.95. The number of hydrogen-bond donors (Lipinski definition) is 0. The van der Waals surface area contributed by atoms with E-state index < -0.39 is 0 Å². The third-order valence-electron chi connectivity index (χ3n) is 2.12. The molecule has 15 heavy (non-hydrogen) atoms. The zero-order valence-electron chi connectivity index (χ0n) is 8.87. The van der Waals surface area contributed by atoms with Gasteiger partial charge < -0.3 is 0 Å². The number of rotatable bonds is 5. The largest absolute Gasteiger partial charge is 0.289 e. The number of benzene rings is 1. The number of carbonyl (C=O) groups is 1. The van der Waals surface area contributed by atoms with Gasteiger partial charge in [0, 0.05) is 10.0 Å². The first-order valence-corrected chi connectivity index (χ1v) is 5.99. The third kappa shape index (κ3) is 4.43. The van der Waals surface area contributed by atoms with Gasteiger partial charge in [0.15, 0.2) is 5.78 Å². The first-order chi connectivity index (χ1) is 7.24. The Morgan fingerprint density at radius 3 is 2.60 bits per heavy atom. The fourth-order valence-electron chi connectivity index (χ4n) is 1.22. The smallest absolute Gasteiger partial charge is 0.185 e. The summed E-state index contributed by atoms with van der Waals surface area (Å²) in [5.41, 5.74) is 0.742. The third-order valence-corrected chi connectivity index (χ3v) is 2.65. The van der Waals surface area contributed by atoms with Gasteiger partial charge in [-0.25, -0.2) is 0 Å². The zero-order chi connectivity index (χ0) is 11.1. The van der Waals surface area contributed by atoms with E-state index in [1.165, 1.54) is 0 Å². The van der Waals surface area contributed by atoms with Gasteiger partial charge in [-0.1, -0.05) is 41.8 Å². The van der Waals surface area contributed by atoms with E-state index in [9.17, 15) is 4.79 Å². The molecular weight excluding hydrogens is 252 g/mol. The molecule has 0 unspecified atom stereocenters. The number of hydrogen-bond acceptors (Lipinski definition) is 1. The normalized spacial score (nSPS) is 10.8. The van der Waals surface area contributed by atoms with E-state index in [0.29, 0.717) is 0 Å². The minimum Gasteiger partial charge on any atom is -0.289 e. The predicted octanol–water partition coefficient (Wildman–Crippen LogP) is 4.38. The van der Waals surface area contributed by atoms with Crippen molar-refractivity contribution in [1.82, 2.24) is 0 Å². The van der Waals surface area contributed by atoms with Crippen molar-refractivity contribution in [1.29, 1.82) is 0 Å². The Morgan fingerprint density at radius 2 is 2.00 bits per heavy atom. The van der Waals surface area contributed by atoms with Crippen LogP contribution in [-0.2, 0) is 0 Å². The lowest BCUT2D eigenvalue weighted by Crippen LogP contribution is -1.93. The summed E-state index contributed by atoms with van der Waals surface area (Å²) >= 11 is 3.34. The van der Waals surface area contributed by atoms with Crippen molar-refractivity contribution in [2.24, 2.45) is 0 Å². The van der Waals surface area contributed by atoms with Crippen molar-refractivity contribution in [3.63, 3.8) is 0 Å². The van der Waals surface area contributed by atoms with Crippen LogP contribution in [0.15, 0.2) is 40.9 Å². The van der Waals surface area contributed by atoms with E-state index in [1.54, 1.807) is 6.08 Å². The Kier molecular flexibility index (Phi) is 5.33. The van der Waals surface area contributed by atoms with Crippen molar-refractivity contribution >= 4 is 21.7 Å². The molecule has 0 bridgehead atoms. The number of ketones is 1. The highest BCUT2D eigenvalue weighted by Gasteiger charge is 1.99. The van der Waals surface area contributed by atoms with Gasteiger partial charge in [0.25, 0.3) is 0 Å². The molecule has 0 aliphatic rings. The highest BCUT2D eigenvalue weighted by atomic mass is 79.9. The molecule has 80 valence electrons. The molecule has 0 saturated carbocycles. The minimum atomic E-state index is 0.0820. The predicted molar refractivity (Wildman–Crippen MR) is 67.1 cm³/mol. The summed E-state index contributed by atoms with van der Waals surface area (Å²) in [6.07, 6.45) is 6.91. The van der Waals surface area contributed by atoms with Crippen LogP contribution in [-0.4, -0.2) is 5.78 Å². The van der Waals surface area contributed by atoms with E-state index in [0.717, 1.165) is 29.3 Å². The molecule has 0 aliphatic heterocycles. The Bertz CT molecular complexity index is 338. The van der Waals surface area contributed by atoms with Gasteiger partial charge in [-0.3, -0.25) is 4.79 Å². The monoisotopic (exact) mass is 266 g/mol. The van der Waals surface area contributed by atoms with Crippen molar-refractivity contribution in [3.05, 3.63) is 46.5 Å². The van der Waals surface area contributed by atoms with E-state index in [4.69, 9.17) is 0 Å². The SMILES string of the molecule is CCCC/C=C/C(=O)c1ccc(Br)cc1. The molecular formula is C13H15BrO. The molecule has 0 atom stereocenters. The molecule has 0 amide bonds. The van der Waals surface area contributed by atoms with Crippen molar-refractivity contribution in [2.75, 3.05) is 0 Å². The standard InChI is InChI=1S/C13H15BrO/c1-2-3-4-5-6-13(15)11-7-9-12(14)10-8-11/h5-10H,2-4H2,1H3/b6-5+. The van der Waals surface area contributed by atoms with Gasteiger partial charge in [-0.2, -0.15) is 0 Å². The van der Waals surface area contributed by atoms with Crippen LogP contribution in [0.4, 0.5) is 0 Å². The summed E-state index contributed by atoms with van der Waals surface area (Å²) < 4.78 is 0.994. The van der Waals surface area contributed by atoms with Gasteiger partial charge >= 0.3 is 0 Å². The Hall–Kier alpha value is -0.890. The van der Waals surface area contributed by atoms with E-state index >= 15 is 0 Å². The fraction of sp³-hybridized carbons (Fsp3) is 0.308. The number of carbonyl (C=O) groups excluding carboxylic acids is 1. The van der Waals surface area contributed by atoms with Gasteiger partial charge in [0.2, 0.25) is 0 Å². The van der Waals surface area contributed by atoms with Crippen LogP contribution in [0.2, 0.25) is 0 Å². The van der Waals surface area contributed by atoms with Crippen LogP contribution >= 0.6 is 15.9 Å². The van der Waals surface area contributed by atoms with Crippen LogP contribution in [0.3, 0.4) is 0 Å². The zero-order valence-corrected chi connectivity index (χ0v) is 10.5. The highest BCUT2D eigenvalue weighted by molar-refractivity contribution is 9.10. The fourth-order valence-corrected chi connectivity index (χ4v) is 1.49. The van der Waals surface area contributed by atoms with Crippen LogP contribution in [0.5, 0.6) is 0 Å². The van der Waals surface area contributed by atoms with Gasteiger partial charge in [-0.05, 0) is 36.8 Å². The molecule has 2 heteroatoms. The summed E-state index contributed by atoms with van der Waals surface area (Å²) in [5.74, 6) is 0.0820. The van der Waals surface area contributed by atoms with E-state index in [2.05, 4.69) is 22.9 Å². The first-order valence-electron chi connectivity index (χ1n) is 5.20. The molecule has 1 rings (SSSR count). The molecule has 0 saturated heterocycles. The number of allylic oxidation sites excluding steroid dienone is 2. The Balaban J connectivity index is 2.53. The average molecular weight is 267 g/mol. The maximum atomic E-state index is 11.6. The Labute approximate surface area is 99.3 Å². The van der Waals surface area contributed by atoms with Crippen LogP contribution in [0.25, 0.3) is 0 Å². The van der Waals surface area contributed by atoms with Crippen LogP contribution in [0, 0.1) is 0 Å². The lowest BCUT2D eigenvalue weighted by molar-refractivity contribution is 0.104. The van der Waals surface area contributed by atoms with Crippen LogP contribution < -0.4 is 0 Å². The number of unbranched alkanes of at least 4 members (excludes halogenated alkanes) is 2. The molecule has 0 spiro atoms. The Morgan fingerprint density at radius 1 is 1.33 bits per heavy atom. The summed E-state index contributed by atoms with van der Waals surface area (Å²) in [6.45, 7) is 2.14. The van der Waals surface area contributed by atoms with Crippen molar-refractivity contribution < 1.29 is 4.79 Å². The second kappa shape index (κ2) is 6.57. The first kappa shape index (κ1) is 12.2. The molecule has 0 radical (unpaired) electrons. The van der Waals surface area contributed by atoms with Gasteiger partial charge in [-0.15, -0.1) is 0 Å². The van der Waals surface area contributed by atoms with E-state index in [-0.39, 0.29) is 5.78 Å². The minimum absolute atomic E-state index is 0.0820. The van der Waals surface area contributed by atoms with Crippen molar-refractivity contribution in [2.45, 2.75) is 26.2 Å².